The molecule has 1 aromatic rings. The molecule has 1 N–H and O–H groups in total. The first kappa shape index (κ1) is 15.5. The highest BCUT2D eigenvalue weighted by molar-refractivity contribution is 5.20. The molecule has 1 aromatic carbocycles. The standard InChI is InChI=1S/C17H27FN2/c1-13(15-9-5-6-10-16(15)18)20(3)12-14-8-4-7-11-17(14)19-2/h5-6,9-10,13-14,17,19H,4,7-8,11-12H2,1-3H3. The van der Waals surface area contributed by atoms with Crippen molar-refractivity contribution in [3.05, 3.63) is 35.6 Å². The summed E-state index contributed by atoms with van der Waals surface area (Å²) in [5.74, 6) is 0.577. The first-order valence-electron chi connectivity index (χ1n) is 7.75. The highest BCUT2D eigenvalue weighted by Crippen LogP contribution is 2.28. The molecule has 1 aliphatic rings. The summed E-state index contributed by atoms with van der Waals surface area (Å²) < 4.78 is 13.9. The van der Waals surface area contributed by atoms with Gasteiger partial charge in [0.05, 0.1) is 0 Å². The van der Waals surface area contributed by atoms with Gasteiger partial charge in [-0.25, -0.2) is 4.39 Å². The monoisotopic (exact) mass is 278 g/mol. The van der Waals surface area contributed by atoms with E-state index in [0.717, 1.165) is 12.1 Å². The molecule has 3 unspecified atom stereocenters. The second-order valence-electron chi connectivity index (χ2n) is 6.08. The van der Waals surface area contributed by atoms with Crippen molar-refractivity contribution < 1.29 is 4.39 Å². The van der Waals surface area contributed by atoms with Gasteiger partial charge in [0.15, 0.2) is 0 Å². The summed E-state index contributed by atoms with van der Waals surface area (Å²) in [7, 11) is 4.17. The van der Waals surface area contributed by atoms with Crippen molar-refractivity contribution in [2.75, 3.05) is 20.6 Å². The van der Waals surface area contributed by atoms with Crippen molar-refractivity contribution in [3.8, 4) is 0 Å². The van der Waals surface area contributed by atoms with Gasteiger partial charge in [-0.2, -0.15) is 0 Å². The maximum absolute atomic E-state index is 13.9. The van der Waals surface area contributed by atoms with Crippen LogP contribution in [-0.2, 0) is 0 Å². The summed E-state index contributed by atoms with van der Waals surface area (Å²) in [6.07, 6.45) is 5.20. The Morgan fingerprint density at radius 1 is 1.30 bits per heavy atom. The Balaban J connectivity index is 2.00. The molecule has 0 bridgehead atoms. The zero-order valence-corrected chi connectivity index (χ0v) is 12.9. The van der Waals surface area contributed by atoms with Crippen molar-refractivity contribution in [1.82, 2.24) is 10.2 Å². The molecule has 1 aliphatic carbocycles. The van der Waals surface area contributed by atoms with E-state index >= 15 is 0 Å². The lowest BCUT2D eigenvalue weighted by atomic mass is 9.84. The molecule has 0 amide bonds. The zero-order chi connectivity index (χ0) is 14.5. The minimum atomic E-state index is -0.0966. The lowest BCUT2D eigenvalue weighted by Gasteiger charge is -2.36. The average Bonchev–Trinajstić information content (AvgIpc) is 2.47. The minimum Gasteiger partial charge on any atom is -0.317 e. The van der Waals surface area contributed by atoms with E-state index in [4.69, 9.17) is 0 Å². The fourth-order valence-electron chi connectivity index (χ4n) is 3.39. The molecule has 3 atom stereocenters. The van der Waals surface area contributed by atoms with E-state index in [1.807, 2.05) is 12.1 Å². The second kappa shape index (κ2) is 7.19. The van der Waals surface area contributed by atoms with Gasteiger partial charge in [-0.15, -0.1) is 0 Å². The molecule has 20 heavy (non-hydrogen) atoms. The maximum atomic E-state index is 13.9. The van der Waals surface area contributed by atoms with E-state index in [2.05, 4.69) is 31.2 Å². The number of hydrogen-bond acceptors (Lipinski definition) is 2. The second-order valence-corrected chi connectivity index (χ2v) is 6.08. The Labute approximate surface area is 122 Å². The third-order valence-corrected chi connectivity index (χ3v) is 4.82. The highest BCUT2D eigenvalue weighted by Gasteiger charge is 2.26. The predicted octanol–water partition coefficient (Wildman–Crippen LogP) is 3.60. The number of nitrogens with zero attached hydrogens (tertiary/aromatic N) is 1. The van der Waals surface area contributed by atoms with Crippen LogP contribution in [0, 0.1) is 11.7 Å². The number of nitrogens with one attached hydrogen (secondary N) is 1. The summed E-state index contributed by atoms with van der Waals surface area (Å²) in [5.41, 5.74) is 0.798. The van der Waals surface area contributed by atoms with Crippen molar-refractivity contribution in [3.63, 3.8) is 0 Å². The minimum absolute atomic E-state index is 0.0966. The Morgan fingerprint density at radius 3 is 2.70 bits per heavy atom. The molecular weight excluding hydrogens is 251 g/mol. The molecule has 1 saturated carbocycles. The van der Waals surface area contributed by atoms with Crippen LogP contribution >= 0.6 is 0 Å². The van der Waals surface area contributed by atoms with Crippen LogP contribution in [0.4, 0.5) is 4.39 Å². The molecule has 0 heterocycles. The summed E-state index contributed by atoms with van der Waals surface area (Å²) in [4.78, 5) is 2.29. The Bertz CT molecular complexity index is 421. The normalized spacial score (nSPS) is 24.9. The lowest BCUT2D eigenvalue weighted by molar-refractivity contribution is 0.163. The van der Waals surface area contributed by atoms with Crippen LogP contribution in [-0.4, -0.2) is 31.6 Å². The summed E-state index contributed by atoms with van der Waals surface area (Å²) in [6.45, 7) is 3.12. The summed E-state index contributed by atoms with van der Waals surface area (Å²) >= 11 is 0. The molecule has 1 fully saturated rings. The van der Waals surface area contributed by atoms with Gasteiger partial charge in [-0.3, -0.25) is 4.90 Å². The van der Waals surface area contributed by atoms with E-state index in [-0.39, 0.29) is 11.9 Å². The molecule has 3 heteroatoms. The molecule has 0 aliphatic heterocycles. The number of rotatable bonds is 5. The van der Waals surface area contributed by atoms with E-state index in [9.17, 15) is 4.39 Å². The first-order chi connectivity index (χ1) is 9.63. The number of halogens is 1. The predicted molar refractivity (Wildman–Crippen MR) is 82.3 cm³/mol. The van der Waals surface area contributed by atoms with E-state index in [0.29, 0.717) is 12.0 Å². The van der Waals surface area contributed by atoms with Gasteiger partial charge in [0.2, 0.25) is 0 Å². The lowest BCUT2D eigenvalue weighted by Crippen LogP contribution is -2.42. The van der Waals surface area contributed by atoms with E-state index in [1.54, 1.807) is 12.1 Å². The van der Waals surface area contributed by atoms with Crippen LogP contribution in [0.3, 0.4) is 0 Å². The van der Waals surface area contributed by atoms with E-state index < -0.39 is 0 Å². The fraction of sp³-hybridized carbons (Fsp3) is 0.647. The highest BCUT2D eigenvalue weighted by atomic mass is 19.1. The van der Waals surface area contributed by atoms with Crippen molar-refractivity contribution in [1.29, 1.82) is 0 Å². The Hall–Kier alpha value is -0.930. The van der Waals surface area contributed by atoms with E-state index in [1.165, 1.54) is 25.7 Å². The molecule has 0 radical (unpaired) electrons. The summed E-state index contributed by atoms with van der Waals surface area (Å²) in [5, 5.41) is 3.45. The largest absolute Gasteiger partial charge is 0.317 e. The van der Waals surface area contributed by atoms with Crippen molar-refractivity contribution >= 4 is 0 Å². The average molecular weight is 278 g/mol. The summed E-state index contributed by atoms with van der Waals surface area (Å²) in [6, 6.07) is 7.85. The Kier molecular flexibility index (Phi) is 5.55. The molecule has 0 aromatic heterocycles. The third kappa shape index (κ3) is 3.58. The quantitative estimate of drug-likeness (QED) is 0.885. The van der Waals surface area contributed by atoms with Gasteiger partial charge in [0.1, 0.15) is 5.82 Å². The van der Waals surface area contributed by atoms with Gasteiger partial charge in [0, 0.05) is 24.2 Å². The van der Waals surface area contributed by atoms with Crippen LogP contribution < -0.4 is 5.32 Å². The molecule has 0 spiro atoms. The van der Waals surface area contributed by atoms with Crippen LogP contribution in [0.1, 0.15) is 44.2 Å². The molecule has 2 rings (SSSR count). The molecule has 2 nitrogen and oxygen atoms in total. The van der Waals surface area contributed by atoms with Crippen LogP contribution in [0.5, 0.6) is 0 Å². The van der Waals surface area contributed by atoms with Crippen LogP contribution in [0.25, 0.3) is 0 Å². The van der Waals surface area contributed by atoms with Gasteiger partial charge in [0.25, 0.3) is 0 Å². The van der Waals surface area contributed by atoms with Gasteiger partial charge >= 0.3 is 0 Å². The van der Waals surface area contributed by atoms with Crippen molar-refractivity contribution in [2.24, 2.45) is 5.92 Å². The molecular formula is C17H27FN2. The topological polar surface area (TPSA) is 15.3 Å². The maximum Gasteiger partial charge on any atom is 0.127 e. The van der Waals surface area contributed by atoms with Crippen LogP contribution in [0.2, 0.25) is 0 Å². The smallest absolute Gasteiger partial charge is 0.127 e. The van der Waals surface area contributed by atoms with Gasteiger partial charge in [-0.05, 0) is 45.8 Å². The fourth-order valence-corrected chi connectivity index (χ4v) is 3.39. The third-order valence-electron chi connectivity index (χ3n) is 4.82. The van der Waals surface area contributed by atoms with Gasteiger partial charge in [-0.1, -0.05) is 31.0 Å². The Morgan fingerprint density at radius 2 is 2.00 bits per heavy atom. The zero-order valence-electron chi connectivity index (χ0n) is 12.9. The van der Waals surface area contributed by atoms with Crippen molar-refractivity contribution in [2.45, 2.75) is 44.7 Å². The SMILES string of the molecule is CNC1CCCCC1CN(C)C(C)c1ccccc1F. The molecule has 112 valence electrons. The van der Waals surface area contributed by atoms with Gasteiger partial charge < -0.3 is 5.32 Å². The number of hydrogen-bond donors (Lipinski definition) is 1. The molecule has 0 saturated heterocycles. The first-order valence-corrected chi connectivity index (χ1v) is 7.75. The number of benzene rings is 1. The van der Waals surface area contributed by atoms with Crippen LogP contribution in [0.15, 0.2) is 24.3 Å².